The molecule has 1 fully saturated rings. The van der Waals surface area contributed by atoms with E-state index in [-0.39, 0.29) is 5.54 Å². The van der Waals surface area contributed by atoms with Gasteiger partial charge in [-0.15, -0.1) is 0 Å². The summed E-state index contributed by atoms with van der Waals surface area (Å²) in [7, 11) is 2.23. The molecule has 110 valence electrons. The van der Waals surface area contributed by atoms with E-state index < -0.39 is 0 Å². The highest BCUT2D eigenvalue weighted by Crippen LogP contribution is 2.32. The van der Waals surface area contributed by atoms with E-state index in [2.05, 4.69) is 41.1 Å². The number of hydrogen-bond acceptors (Lipinski definition) is 3. The molecule has 3 nitrogen and oxygen atoms in total. The minimum atomic E-state index is 0.221. The number of rotatable bonds is 2. The lowest BCUT2D eigenvalue weighted by molar-refractivity contribution is 0.0651. The van der Waals surface area contributed by atoms with Crippen molar-refractivity contribution in [2.24, 2.45) is 5.73 Å². The number of benzene rings is 1. The second-order valence-corrected chi connectivity index (χ2v) is 6.53. The largest absolute Gasteiger partial charge is 0.329 e. The average Bonchev–Trinajstić information content (AvgIpc) is 2.69. The third-order valence-corrected chi connectivity index (χ3v) is 5.32. The van der Waals surface area contributed by atoms with Crippen molar-refractivity contribution in [3.05, 3.63) is 35.4 Å². The lowest BCUT2D eigenvalue weighted by Crippen LogP contribution is -2.55. The van der Waals surface area contributed by atoms with Crippen LogP contribution in [0.1, 0.15) is 30.4 Å². The minimum absolute atomic E-state index is 0.221. The molecular formula is C17H27N3. The van der Waals surface area contributed by atoms with Gasteiger partial charge in [-0.1, -0.05) is 24.3 Å². The van der Waals surface area contributed by atoms with Crippen LogP contribution in [-0.2, 0) is 13.0 Å². The standard InChI is InChI=1S/C17H27N3/c1-19-10-4-8-17(14-18,9-12-19)20-11-7-15-5-2-3-6-16(15)13-20/h2-3,5-6H,4,7-14,18H2,1H3. The molecule has 2 heterocycles. The van der Waals surface area contributed by atoms with Gasteiger partial charge in [-0.2, -0.15) is 0 Å². The Morgan fingerprint density at radius 3 is 2.70 bits per heavy atom. The predicted molar refractivity (Wildman–Crippen MR) is 83.7 cm³/mol. The summed E-state index contributed by atoms with van der Waals surface area (Å²) in [5.74, 6) is 0. The maximum Gasteiger partial charge on any atom is 0.0348 e. The van der Waals surface area contributed by atoms with Gasteiger partial charge in [0.1, 0.15) is 0 Å². The molecule has 0 aliphatic carbocycles. The highest BCUT2D eigenvalue weighted by molar-refractivity contribution is 5.29. The molecule has 1 atom stereocenters. The Balaban J connectivity index is 1.80. The fourth-order valence-corrected chi connectivity index (χ4v) is 3.86. The third-order valence-electron chi connectivity index (χ3n) is 5.32. The maximum atomic E-state index is 6.24. The van der Waals surface area contributed by atoms with Crippen LogP contribution in [0.25, 0.3) is 0 Å². The molecule has 0 amide bonds. The van der Waals surface area contributed by atoms with Crippen molar-refractivity contribution in [3.63, 3.8) is 0 Å². The zero-order valence-corrected chi connectivity index (χ0v) is 12.6. The quantitative estimate of drug-likeness (QED) is 0.893. The van der Waals surface area contributed by atoms with Gasteiger partial charge < -0.3 is 10.6 Å². The predicted octanol–water partition coefficient (Wildman–Crippen LogP) is 1.86. The summed E-state index contributed by atoms with van der Waals surface area (Å²) in [6, 6.07) is 8.89. The molecule has 0 aromatic heterocycles. The van der Waals surface area contributed by atoms with Crippen LogP contribution in [0.15, 0.2) is 24.3 Å². The summed E-state index contributed by atoms with van der Waals surface area (Å²) in [5, 5.41) is 0. The highest BCUT2D eigenvalue weighted by Gasteiger charge is 2.37. The van der Waals surface area contributed by atoms with Crippen molar-refractivity contribution >= 4 is 0 Å². The number of likely N-dealkylation sites (tertiary alicyclic amines) is 1. The molecule has 3 rings (SSSR count). The van der Waals surface area contributed by atoms with Crippen LogP contribution in [0.3, 0.4) is 0 Å². The van der Waals surface area contributed by atoms with E-state index in [0.29, 0.717) is 0 Å². The molecule has 20 heavy (non-hydrogen) atoms. The van der Waals surface area contributed by atoms with E-state index in [4.69, 9.17) is 5.73 Å². The topological polar surface area (TPSA) is 32.5 Å². The zero-order valence-electron chi connectivity index (χ0n) is 12.6. The molecule has 2 N–H and O–H groups in total. The lowest BCUT2D eigenvalue weighted by atomic mass is 9.85. The molecule has 1 saturated heterocycles. The molecule has 2 aliphatic heterocycles. The van der Waals surface area contributed by atoms with Gasteiger partial charge in [0.2, 0.25) is 0 Å². The van der Waals surface area contributed by atoms with Crippen LogP contribution >= 0.6 is 0 Å². The van der Waals surface area contributed by atoms with Gasteiger partial charge in [-0.05, 0) is 56.9 Å². The highest BCUT2D eigenvalue weighted by atomic mass is 15.2. The lowest BCUT2D eigenvalue weighted by Gasteiger charge is -2.45. The Morgan fingerprint density at radius 1 is 1.10 bits per heavy atom. The Morgan fingerprint density at radius 2 is 1.90 bits per heavy atom. The van der Waals surface area contributed by atoms with Crippen molar-refractivity contribution < 1.29 is 0 Å². The molecule has 0 bridgehead atoms. The van der Waals surface area contributed by atoms with E-state index in [0.717, 1.165) is 19.6 Å². The zero-order chi connectivity index (χ0) is 14.0. The molecule has 1 aromatic carbocycles. The smallest absolute Gasteiger partial charge is 0.0348 e. The van der Waals surface area contributed by atoms with Crippen molar-refractivity contribution in [1.82, 2.24) is 9.80 Å². The van der Waals surface area contributed by atoms with Crippen LogP contribution < -0.4 is 5.73 Å². The van der Waals surface area contributed by atoms with E-state index in [1.165, 1.54) is 49.9 Å². The van der Waals surface area contributed by atoms with E-state index in [1.54, 1.807) is 0 Å². The Hall–Kier alpha value is -0.900. The monoisotopic (exact) mass is 273 g/mol. The fourth-order valence-electron chi connectivity index (χ4n) is 3.86. The molecular weight excluding hydrogens is 246 g/mol. The molecule has 1 unspecified atom stereocenters. The number of fused-ring (bicyclic) bond motifs is 1. The fraction of sp³-hybridized carbons (Fsp3) is 0.647. The van der Waals surface area contributed by atoms with Crippen LogP contribution in [-0.4, -0.2) is 48.6 Å². The second kappa shape index (κ2) is 5.84. The minimum Gasteiger partial charge on any atom is -0.329 e. The van der Waals surface area contributed by atoms with Gasteiger partial charge in [0.05, 0.1) is 0 Å². The van der Waals surface area contributed by atoms with Crippen molar-refractivity contribution in [1.29, 1.82) is 0 Å². The average molecular weight is 273 g/mol. The van der Waals surface area contributed by atoms with Crippen molar-refractivity contribution in [3.8, 4) is 0 Å². The Labute approximate surface area is 122 Å². The van der Waals surface area contributed by atoms with Gasteiger partial charge in [-0.25, -0.2) is 0 Å². The molecule has 1 aromatic rings. The van der Waals surface area contributed by atoms with Gasteiger partial charge in [0, 0.05) is 25.2 Å². The molecule has 0 saturated carbocycles. The first-order valence-corrected chi connectivity index (χ1v) is 7.94. The molecule has 0 radical (unpaired) electrons. The van der Waals surface area contributed by atoms with Crippen LogP contribution in [0, 0.1) is 0 Å². The van der Waals surface area contributed by atoms with Gasteiger partial charge >= 0.3 is 0 Å². The van der Waals surface area contributed by atoms with Gasteiger partial charge in [0.25, 0.3) is 0 Å². The second-order valence-electron chi connectivity index (χ2n) is 6.53. The summed E-state index contributed by atoms with van der Waals surface area (Å²) in [5.41, 5.74) is 9.50. The number of hydrogen-bond donors (Lipinski definition) is 1. The molecule has 2 aliphatic rings. The van der Waals surface area contributed by atoms with E-state index in [1.807, 2.05) is 0 Å². The maximum absolute atomic E-state index is 6.24. The van der Waals surface area contributed by atoms with Gasteiger partial charge in [-0.3, -0.25) is 4.90 Å². The Kier molecular flexibility index (Phi) is 4.11. The van der Waals surface area contributed by atoms with Gasteiger partial charge in [0.15, 0.2) is 0 Å². The first kappa shape index (κ1) is 14.1. The SMILES string of the molecule is CN1CCCC(CN)(N2CCc3ccccc3C2)CC1. The number of nitrogens with zero attached hydrogens (tertiary/aromatic N) is 2. The summed E-state index contributed by atoms with van der Waals surface area (Å²) in [6.45, 7) is 5.43. The van der Waals surface area contributed by atoms with Crippen LogP contribution in [0.2, 0.25) is 0 Å². The summed E-state index contributed by atoms with van der Waals surface area (Å²) in [6.07, 6.45) is 4.90. The van der Waals surface area contributed by atoms with Crippen LogP contribution in [0.5, 0.6) is 0 Å². The first-order valence-electron chi connectivity index (χ1n) is 7.94. The summed E-state index contributed by atoms with van der Waals surface area (Å²) >= 11 is 0. The summed E-state index contributed by atoms with van der Waals surface area (Å²) < 4.78 is 0. The first-order chi connectivity index (χ1) is 9.73. The third kappa shape index (κ3) is 2.62. The van der Waals surface area contributed by atoms with E-state index in [9.17, 15) is 0 Å². The van der Waals surface area contributed by atoms with Crippen molar-refractivity contribution in [2.75, 3.05) is 33.2 Å². The molecule has 0 spiro atoms. The number of nitrogens with two attached hydrogens (primary N) is 1. The van der Waals surface area contributed by atoms with Crippen molar-refractivity contribution in [2.45, 2.75) is 37.8 Å². The van der Waals surface area contributed by atoms with Crippen LogP contribution in [0.4, 0.5) is 0 Å². The van der Waals surface area contributed by atoms with E-state index >= 15 is 0 Å². The summed E-state index contributed by atoms with van der Waals surface area (Å²) in [4.78, 5) is 5.13. The molecule has 3 heteroatoms. The normalized spacial score (nSPS) is 28.9. The Bertz CT molecular complexity index is 459.